The maximum absolute atomic E-state index is 12.3. The molecule has 0 atom stereocenters. The number of fused-ring (bicyclic) bond motifs is 1. The summed E-state index contributed by atoms with van der Waals surface area (Å²) in [5.74, 6) is -0.714. The summed E-state index contributed by atoms with van der Waals surface area (Å²) in [5, 5.41) is 13.7. The fourth-order valence-corrected chi connectivity index (χ4v) is 3.16. The van der Waals surface area contributed by atoms with Crippen LogP contribution in [-0.2, 0) is 19.3 Å². The number of aromatic amines is 1. The summed E-state index contributed by atoms with van der Waals surface area (Å²) in [7, 11) is 0. The number of benzene rings is 1. The predicted octanol–water partition coefficient (Wildman–Crippen LogP) is 2.59. The summed E-state index contributed by atoms with van der Waals surface area (Å²) in [4.78, 5) is 27.2. The first-order valence-electron chi connectivity index (χ1n) is 8.06. The Balaban J connectivity index is 1.71. The van der Waals surface area contributed by atoms with Crippen LogP contribution in [0.1, 0.15) is 40.0 Å². The van der Waals surface area contributed by atoms with Crippen molar-refractivity contribution in [2.45, 2.75) is 32.1 Å². The molecule has 2 aromatic rings. The first kappa shape index (κ1) is 16.6. The van der Waals surface area contributed by atoms with E-state index in [-0.39, 0.29) is 11.3 Å². The van der Waals surface area contributed by atoms with E-state index in [0.717, 1.165) is 30.5 Å². The van der Waals surface area contributed by atoms with Crippen LogP contribution in [0.5, 0.6) is 5.75 Å². The quantitative estimate of drug-likeness (QED) is 0.795. The molecule has 0 spiro atoms. The number of aromatic nitrogens is 1. The molecule has 1 amide bonds. The van der Waals surface area contributed by atoms with Crippen LogP contribution in [0, 0.1) is 0 Å². The number of H-pyrrole nitrogens is 1. The van der Waals surface area contributed by atoms with Gasteiger partial charge in [-0.1, -0.05) is 23.7 Å². The number of hydrogen-bond donors (Lipinski definition) is 3. The van der Waals surface area contributed by atoms with E-state index in [0.29, 0.717) is 30.0 Å². The van der Waals surface area contributed by atoms with E-state index in [4.69, 9.17) is 11.6 Å². The van der Waals surface area contributed by atoms with Crippen molar-refractivity contribution in [1.29, 1.82) is 0 Å². The smallest absolute Gasteiger partial charge is 0.264 e. The lowest BCUT2D eigenvalue weighted by Crippen LogP contribution is -2.32. The molecule has 0 fully saturated rings. The average molecular weight is 347 g/mol. The second kappa shape index (κ2) is 7.09. The molecule has 0 radical (unpaired) electrons. The largest absolute Gasteiger partial charge is 0.507 e. The van der Waals surface area contributed by atoms with E-state index in [1.54, 1.807) is 12.1 Å². The number of hydrogen-bond acceptors (Lipinski definition) is 3. The summed E-state index contributed by atoms with van der Waals surface area (Å²) in [6.45, 7) is 0.371. The van der Waals surface area contributed by atoms with E-state index in [1.165, 1.54) is 0 Å². The number of pyridine rings is 1. The summed E-state index contributed by atoms with van der Waals surface area (Å²) >= 11 is 5.83. The Hall–Kier alpha value is -2.27. The Bertz CT molecular complexity index is 812. The lowest BCUT2D eigenvalue weighted by Gasteiger charge is -2.18. The third-order valence-electron chi connectivity index (χ3n) is 4.32. The van der Waals surface area contributed by atoms with E-state index in [1.807, 2.05) is 12.1 Å². The Morgan fingerprint density at radius 3 is 2.67 bits per heavy atom. The summed E-state index contributed by atoms with van der Waals surface area (Å²) < 4.78 is 0. The maximum atomic E-state index is 12.3. The number of amides is 1. The monoisotopic (exact) mass is 346 g/mol. The van der Waals surface area contributed by atoms with Crippen LogP contribution in [0.4, 0.5) is 0 Å². The van der Waals surface area contributed by atoms with Crippen molar-refractivity contribution >= 4 is 17.5 Å². The maximum Gasteiger partial charge on any atom is 0.264 e. The van der Waals surface area contributed by atoms with Crippen LogP contribution in [-0.4, -0.2) is 22.5 Å². The van der Waals surface area contributed by atoms with Crippen LogP contribution in [0.25, 0.3) is 0 Å². The molecule has 1 heterocycles. The average Bonchev–Trinajstić information content (AvgIpc) is 2.57. The number of carbonyl (C=O) groups is 1. The Morgan fingerprint density at radius 2 is 1.92 bits per heavy atom. The lowest BCUT2D eigenvalue weighted by atomic mass is 9.93. The zero-order valence-electron chi connectivity index (χ0n) is 13.2. The second-order valence-corrected chi connectivity index (χ2v) is 6.41. The Labute approximate surface area is 144 Å². The molecule has 0 aliphatic heterocycles. The van der Waals surface area contributed by atoms with E-state index in [2.05, 4.69) is 10.3 Å². The summed E-state index contributed by atoms with van der Waals surface area (Å²) in [6, 6.07) is 7.35. The summed E-state index contributed by atoms with van der Waals surface area (Å²) in [5.41, 5.74) is 1.76. The van der Waals surface area contributed by atoms with Crippen molar-refractivity contribution in [2.75, 3.05) is 6.54 Å². The first-order chi connectivity index (χ1) is 11.6. The topological polar surface area (TPSA) is 82.2 Å². The Kier molecular flexibility index (Phi) is 4.90. The van der Waals surface area contributed by atoms with Gasteiger partial charge in [0.15, 0.2) is 0 Å². The van der Waals surface area contributed by atoms with Gasteiger partial charge in [-0.15, -0.1) is 0 Å². The third kappa shape index (κ3) is 3.46. The SMILES string of the molecule is O=C(NCCc1ccc(Cl)cc1)c1c(O)c2c([nH]c1=O)CCCC2. The lowest BCUT2D eigenvalue weighted by molar-refractivity contribution is 0.0949. The van der Waals surface area contributed by atoms with Crippen molar-refractivity contribution in [3.05, 3.63) is 62.0 Å². The highest BCUT2D eigenvalue weighted by Gasteiger charge is 2.23. The van der Waals surface area contributed by atoms with Gasteiger partial charge < -0.3 is 15.4 Å². The first-order valence-corrected chi connectivity index (χ1v) is 8.43. The molecular weight excluding hydrogens is 328 g/mol. The van der Waals surface area contributed by atoms with Crippen LogP contribution in [0.15, 0.2) is 29.1 Å². The van der Waals surface area contributed by atoms with Gasteiger partial charge in [-0.3, -0.25) is 9.59 Å². The molecule has 1 aromatic carbocycles. The molecule has 0 bridgehead atoms. The Morgan fingerprint density at radius 1 is 1.21 bits per heavy atom. The highest BCUT2D eigenvalue weighted by molar-refractivity contribution is 6.30. The fourth-order valence-electron chi connectivity index (χ4n) is 3.03. The molecule has 1 aliphatic carbocycles. The molecule has 0 saturated heterocycles. The number of aryl methyl sites for hydroxylation is 1. The van der Waals surface area contributed by atoms with Crippen LogP contribution in [0.3, 0.4) is 0 Å². The second-order valence-electron chi connectivity index (χ2n) is 5.97. The van der Waals surface area contributed by atoms with Gasteiger partial charge in [0.1, 0.15) is 11.3 Å². The number of aromatic hydroxyl groups is 1. The van der Waals surface area contributed by atoms with Gasteiger partial charge in [-0.05, 0) is 49.8 Å². The summed E-state index contributed by atoms with van der Waals surface area (Å²) in [6.07, 6.45) is 3.96. The van der Waals surface area contributed by atoms with Crippen LogP contribution >= 0.6 is 11.6 Å². The van der Waals surface area contributed by atoms with Crippen molar-refractivity contribution in [3.8, 4) is 5.75 Å². The fraction of sp³-hybridized carbons (Fsp3) is 0.333. The molecule has 3 N–H and O–H groups in total. The standard InChI is InChI=1S/C18H19ClN2O3/c19-12-7-5-11(6-8-12)9-10-20-17(23)15-16(22)13-3-1-2-4-14(13)21-18(15)24/h5-8H,1-4,9-10H2,(H,20,23)(H2,21,22,24). The zero-order valence-corrected chi connectivity index (χ0v) is 13.9. The zero-order chi connectivity index (χ0) is 17.1. The highest BCUT2D eigenvalue weighted by atomic mass is 35.5. The highest BCUT2D eigenvalue weighted by Crippen LogP contribution is 2.28. The van der Waals surface area contributed by atoms with Gasteiger partial charge in [-0.2, -0.15) is 0 Å². The molecule has 126 valence electrons. The third-order valence-corrected chi connectivity index (χ3v) is 4.57. The minimum absolute atomic E-state index is 0.169. The minimum Gasteiger partial charge on any atom is -0.507 e. The van der Waals surface area contributed by atoms with Crippen molar-refractivity contribution in [2.24, 2.45) is 0 Å². The number of carbonyl (C=O) groups excluding carboxylic acids is 1. The molecule has 0 unspecified atom stereocenters. The molecule has 3 rings (SSSR count). The predicted molar refractivity (Wildman–Crippen MR) is 92.9 cm³/mol. The molecule has 6 heteroatoms. The molecule has 1 aliphatic rings. The van der Waals surface area contributed by atoms with Gasteiger partial charge in [-0.25, -0.2) is 0 Å². The molecule has 24 heavy (non-hydrogen) atoms. The van der Waals surface area contributed by atoms with Gasteiger partial charge in [0.05, 0.1) is 0 Å². The van der Waals surface area contributed by atoms with Gasteiger partial charge in [0, 0.05) is 22.8 Å². The van der Waals surface area contributed by atoms with Gasteiger partial charge in [0.25, 0.3) is 11.5 Å². The van der Waals surface area contributed by atoms with E-state index < -0.39 is 11.5 Å². The van der Waals surface area contributed by atoms with Gasteiger partial charge >= 0.3 is 0 Å². The molecular formula is C18H19ClN2O3. The molecule has 5 nitrogen and oxygen atoms in total. The van der Waals surface area contributed by atoms with Crippen molar-refractivity contribution in [1.82, 2.24) is 10.3 Å². The number of halogens is 1. The molecule has 1 aromatic heterocycles. The van der Waals surface area contributed by atoms with Gasteiger partial charge in [0.2, 0.25) is 0 Å². The normalized spacial score (nSPS) is 13.4. The number of nitrogens with one attached hydrogen (secondary N) is 2. The number of rotatable bonds is 4. The van der Waals surface area contributed by atoms with Crippen molar-refractivity contribution in [3.63, 3.8) is 0 Å². The van der Waals surface area contributed by atoms with Crippen LogP contribution < -0.4 is 10.9 Å². The van der Waals surface area contributed by atoms with E-state index >= 15 is 0 Å². The minimum atomic E-state index is -0.545. The molecule has 0 saturated carbocycles. The van der Waals surface area contributed by atoms with E-state index in [9.17, 15) is 14.7 Å². The van der Waals surface area contributed by atoms with Crippen molar-refractivity contribution < 1.29 is 9.90 Å². The van der Waals surface area contributed by atoms with Crippen LogP contribution in [0.2, 0.25) is 5.02 Å².